The predicted octanol–water partition coefficient (Wildman–Crippen LogP) is 6.25. The van der Waals surface area contributed by atoms with Gasteiger partial charge in [-0.05, 0) is 44.5 Å². The Balaban J connectivity index is 1.31. The van der Waals surface area contributed by atoms with E-state index >= 15 is 0 Å². The van der Waals surface area contributed by atoms with Crippen LogP contribution in [0.5, 0.6) is 11.5 Å². The van der Waals surface area contributed by atoms with Crippen LogP contribution in [0.3, 0.4) is 0 Å². The van der Waals surface area contributed by atoms with Crippen LogP contribution >= 0.6 is 0 Å². The number of ketones is 1. The molecule has 1 aromatic heterocycles. The van der Waals surface area contributed by atoms with E-state index in [2.05, 4.69) is 65.9 Å². The monoisotopic (exact) mass is 464 g/mol. The van der Waals surface area contributed by atoms with Crippen molar-refractivity contribution in [3.05, 3.63) is 99.9 Å². The Morgan fingerprint density at radius 2 is 1.83 bits per heavy atom. The zero-order chi connectivity index (χ0) is 24.1. The number of aromatic nitrogens is 1. The van der Waals surface area contributed by atoms with Crippen LogP contribution < -0.4 is 9.47 Å². The summed E-state index contributed by atoms with van der Waals surface area (Å²) in [4.78, 5) is 15.6. The molecule has 0 amide bonds. The third-order valence-electron chi connectivity index (χ3n) is 6.98. The number of carbonyl (C=O) groups is 1. The molecule has 0 atom stereocenters. The maximum Gasteiger partial charge on any atom is 0.231 e. The predicted molar refractivity (Wildman–Crippen MR) is 138 cm³/mol. The summed E-state index contributed by atoms with van der Waals surface area (Å²) in [5.74, 6) is 1.74. The van der Waals surface area contributed by atoms with Gasteiger partial charge in [0.05, 0.1) is 5.56 Å². The number of allylic oxidation sites excluding steroid dienone is 1. The van der Waals surface area contributed by atoms with Crippen LogP contribution in [0.15, 0.2) is 66.6 Å². The molecule has 3 aromatic carbocycles. The molecule has 0 saturated carbocycles. The molecule has 0 aliphatic carbocycles. The largest absolute Gasteiger partial charge is 0.477 e. The first-order valence-corrected chi connectivity index (χ1v) is 12.1. The highest BCUT2D eigenvalue weighted by Crippen LogP contribution is 2.43. The number of nitrogens with zero attached hydrogens (tertiary/aromatic N) is 2. The molecular formula is C30H28N2O3. The van der Waals surface area contributed by atoms with Gasteiger partial charge in [0.1, 0.15) is 18.2 Å². The number of para-hydroxylation sites is 1. The zero-order valence-electron chi connectivity index (χ0n) is 20.3. The minimum atomic E-state index is -0.0742. The maximum absolute atomic E-state index is 13.4. The molecule has 6 rings (SSSR count). The molecule has 0 fully saturated rings. The Morgan fingerprint density at radius 1 is 1.03 bits per heavy atom. The molecule has 2 aliphatic rings. The number of hydrogen-bond acceptors (Lipinski definition) is 4. The summed E-state index contributed by atoms with van der Waals surface area (Å²) in [5.41, 5.74) is 7.17. The minimum absolute atomic E-state index is 0.0742. The van der Waals surface area contributed by atoms with Gasteiger partial charge in [-0.1, -0.05) is 48.0 Å². The molecular weight excluding hydrogens is 436 g/mol. The van der Waals surface area contributed by atoms with Crippen molar-refractivity contribution in [2.75, 3.05) is 6.73 Å². The van der Waals surface area contributed by atoms with E-state index in [1.165, 1.54) is 11.1 Å². The highest BCUT2D eigenvalue weighted by Gasteiger charge is 2.33. The summed E-state index contributed by atoms with van der Waals surface area (Å²) in [7, 11) is 0. The second-order valence-electron chi connectivity index (χ2n) is 9.44. The molecule has 0 radical (unpaired) electrons. The topological polar surface area (TPSA) is 43.7 Å². The van der Waals surface area contributed by atoms with Gasteiger partial charge in [0.25, 0.3) is 0 Å². The quantitative estimate of drug-likeness (QED) is 0.335. The van der Waals surface area contributed by atoms with E-state index in [1.54, 1.807) is 0 Å². The SMILES string of the molecule is CCn1cc(/C=C2\Oc3c(cc4c(c3C)OCN(Cc3ccc(C)cc3)C4)C2=O)c2ccccc21. The average molecular weight is 465 g/mol. The first-order valence-electron chi connectivity index (χ1n) is 12.1. The van der Waals surface area contributed by atoms with E-state index in [0.717, 1.165) is 53.0 Å². The molecule has 0 saturated heterocycles. The number of Topliss-reactive ketones (excluding diaryl/α,β-unsaturated/α-hetero) is 1. The first kappa shape index (κ1) is 21.7. The second-order valence-corrected chi connectivity index (χ2v) is 9.44. The molecule has 35 heavy (non-hydrogen) atoms. The van der Waals surface area contributed by atoms with Crippen LogP contribution in [0, 0.1) is 13.8 Å². The molecule has 0 bridgehead atoms. The van der Waals surface area contributed by atoms with Gasteiger partial charge in [-0.15, -0.1) is 0 Å². The fourth-order valence-electron chi connectivity index (χ4n) is 5.14. The second kappa shape index (κ2) is 8.43. The van der Waals surface area contributed by atoms with Crippen LogP contribution in [0.1, 0.15) is 45.1 Å². The van der Waals surface area contributed by atoms with Gasteiger partial charge >= 0.3 is 0 Å². The zero-order valence-corrected chi connectivity index (χ0v) is 20.3. The number of ether oxygens (including phenoxy) is 2. The molecule has 5 heteroatoms. The number of aryl methyl sites for hydroxylation is 2. The van der Waals surface area contributed by atoms with Crippen molar-refractivity contribution < 1.29 is 14.3 Å². The fraction of sp³-hybridized carbons (Fsp3) is 0.233. The molecule has 4 aromatic rings. The van der Waals surface area contributed by atoms with Crippen molar-refractivity contribution in [3.8, 4) is 11.5 Å². The van der Waals surface area contributed by atoms with E-state index in [9.17, 15) is 4.79 Å². The number of benzene rings is 3. The Morgan fingerprint density at radius 3 is 2.63 bits per heavy atom. The van der Waals surface area contributed by atoms with Gasteiger partial charge < -0.3 is 14.0 Å². The van der Waals surface area contributed by atoms with E-state index in [-0.39, 0.29) is 5.78 Å². The Labute approximate surface area is 205 Å². The summed E-state index contributed by atoms with van der Waals surface area (Å²) in [6.07, 6.45) is 3.96. The first-order chi connectivity index (χ1) is 17.0. The van der Waals surface area contributed by atoms with Crippen molar-refractivity contribution >= 4 is 22.8 Å². The lowest BCUT2D eigenvalue weighted by molar-refractivity contribution is 0.0876. The standard InChI is InChI=1S/C30H28N2O3/c1-4-32-17-22(24-7-5-6-8-26(24)32)14-27-28(33)25-13-23-16-31(15-21-11-9-19(2)10-12-21)18-34-29(23)20(3)30(25)35-27/h5-14,17H,4,15-16,18H2,1-3H3/b27-14-. The van der Waals surface area contributed by atoms with Gasteiger partial charge in [-0.3, -0.25) is 9.69 Å². The van der Waals surface area contributed by atoms with Crippen LogP contribution in [-0.2, 0) is 19.6 Å². The minimum Gasteiger partial charge on any atom is -0.477 e. The van der Waals surface area contributed by atoms with Crippen LogP contribution in [0.4, 0.5) is 0 Å². The highest BCUT2D eigenvalue weighted by molar-refractivity contribution is 6.15. The number of hydrogen-bond donors (Lipinski definition) is 0. The fourth-order valence-corrected chi connectivity index (χ4v) is 5.14. The molecule has 3 heterocycles. The molecule has 5 nitrogen and oxygen atoms in total. The van der Waals surface area contributed by atoms with Crippen LogP contribution in [0.25, 0.3) is 17.0 Å². The Hall–Kier alpha value is -3.83. The molecule has 176 valence electrons. The van der Waals surface area contributed by atoms with Gasteiger partial charge in [0.15, 0.2) is 5.76 Å². The summed E-state index contributed by atoms with van der Waals surface area (Å²) < 4.78 is 14.5. The van der Waals surface area contributed by atoms with Gasteiger partial charge in [0, 0.05) is 53.4 Å². The van der Waals surface area contributed by atoms with Gasteiger partial charge in [-0.25, -0.2) is 0 Å². The highest BCUT2D eigenvalue weighted by atomic mass is 16.5. The van der Waals surface area contributed by atoms with Crippen molar-refractivity contribution in [2.45, 2.75) is 40.4 Å². The summed E-state index contributed by atoms with van der Waals surface area (Å²) in [6.45, 7) is 9.09. The lowest BCUT2D eigenvalue weighted by Gasteiger charge is -2.30. The van der Waals surface area contributed by atoms with E-state index in [4.69, 9.17) is 9.47 Å². The molecule has 0 N–H and O–H groups in total. The van der Waals surface area contributed by atoms with Crippen molar-refractivity contribution in [2.24, 2.45) is 0 Å². The van der Waals surface area contributed by atoms with Crippen molar-refractivity contribution in [1.82, 2.24) is 9.47 Å². The Bertz CT molecular complexity index is 1490. The molecule has 0 spiro atoms. The summed E-state index contributed by atoms with van der Waals surface area (Å²) in [6, 6.07) is 18.8. The average Bonchev–Trinajstić information content (AvgIpc) is 3.38. The van der Waals surface area contributed by atoms with E-state index < -0.39 is 0 Å². The third-order valence-corrected chi connectivity index (χ3v) is 6.98. The normalized spacial score (nSPS) is 16.3. The third kappa shape index (κ3) is 3.72. The molecule has 2 aliphatic heterocycles. The Kier molecular flexibility index (Phi) is 5.23. The smallest absolute Gasteiger partial charge is 0.231 e. The molecule has 0 unspecified atom stereocenters. The van der Waals surface area contributed by atoms with Crippen molar-refractivity contribution in [3.63, 3.8) is 0 Å². The van der Waals surface area contributed by atoms with E-state index in [1.807, 2.05) is 31.2 Å². The summed E-state index contributed by atoms with van der Waals surface area (Å²) >= 11 is 0. The lowest BCUT2D eigenvalue weighted by Crippen LogP contribution is -2.32. The van der Waals surface area contributed by atoms with E-state index in [0.29, 0.717) is 23.8 Å². The van der Waals surface area contributed by atoms with Crippen molar-refractivity contribution in [1.29, 1.82) is 0 Å². The number of rotatable bonds is 4. The number of fused-ring (bicyclic) bond motifs is 3. The van der Waals surface area contributed by atoms with Gasteiger partial charge in [-0.2, -0.15) is 0 Å². The van der Waals surface area contributed by atoms with Crippen LogP contribution in [-0.4, -0.2) is 22.0 Å². The number of carbonyl (C=O) groups excluding carboxylic acids is 1. The van der Waals surface area contributed by atoms with Gasteiger partial charge in [0.2, 0.25) is 5.78 Å². The van der Waals surface area contributed by atoms with Crippen LogP contribution in [0.2, 0.25) is 0 Å². The summed E-state index contributed by atoms with van der Waals surface area (Å²) in [5, 5.41) is 1.11. The lowest BCUT2D eigenvalue weighted by atomic mass is 9.99. The maximum atomic E-state index is 13.4.